The van der Waals surface area contributed by atoms with Gasteiger partial charge in [-0.25, -0.2) is 0 Å². The van der Waals surface area contributed by atoms with Gasteiger partial charge in [0.2, 0.25) is 0 Å². The topological polar surface area (TPSA) is 41.6 Å². The van der Waals surface area contributed by atoms with Crippen molar-refractivity contribution in [1.29, 1.82) is 0 Å². The number of hydrogen-bond donors (Lipinski definition) is 1. The molecule has 1 unspecified atom stereocenters. The van der Waals surface area contributed by atoms with E-state index in [2.05, 4.69) is 24.1 Å². The summed E-state index contributed by atoms with van der Waals surface area (Å²) in [5, 5.41) is 3.42. The molecule has 16 heavy (non-hydrogen) atoms. The molecule has 2 rings (SSSR count). The lowest BCUT2D eigenvalue weighted by Gasteiger charge is -2.48. The number of ether oxygens (including phenoxy) is 1. The van der Waals surface area contributed by atoms with Gasteiger partial charge in [-0.2, -0.15) is 0 Å². The summed E-state index contributed by atoms with van der Waals surface area (Å²) in [6.07, 6.45) is 3.06. The van der Waals surface area contributed by atoms with Crippen molar-refractivity contribution in [2.75, 3.05) is 20.2 Å². The normalized spacial score (nSPS) is 30.1. The first-order chi connectivity index (χ1) is 7.54. The van der Waals surface area contributed by atoms with Crippen molar-refractivity contribution in [3.63, 3.8) is 0 Å². The SMILES string of the molecule is COC(=O)CC1CNCC(C)(C)N1C1CC1. The summed E-state index contributed by atoms with van der Waals surface area (Å²) in [4.78, 5) is 13.9. The number of rotatable bonds is 3. The van der Waals surface area contributed by atoms with Gasteiger partial charge in [0.05, 0.1) is 13.5 Å². The van der Waals surface area contributed by atoms with Crippen LogP contribution in [0.1, 0.15) is 33.1 Å². The Hall–Kier alpha value is -0.610. The van der Waals surface area contributed by atoms with Gasteiger partial charge in [-0.15, -0.1) is 0 Å². The monoisotopic (exact) mass is 226 g/mol. The van der Waals surface area contributed by atoms with Crippen LogP contribution in [0.25, 0.3) is 0 Å². The summed E-state index contributed by atoms with van der Waals surface area (Å²) >= 11 is 0. The van der Waals surface area contributed by atoms with Crippen LogP contribution in [0.15, 0.2) is 0 Å². The van der Waals surface area contributed by atoms with Crippen molar-refractivity contribution < 1.29 is 9.53 Å². The van der Waals surface area contributed by atoms with Crippen molar-refractivity contribution in [3.05, 3.63) is 0 Å². The third-order valence-electron chi connectivity index (χ3n) is 3.60. The highest BCUT2D eigenvalue weighted by atomic mass is 16.5. The van der Waals surface area contributed by atoms with Gasteiger partial charge >= 0.3 is 5.97 Å². The molecule has 2 aliphatic rings. The molecule has 1 aliphatic heterocycles. The average molecular weight is 226 g/mol. The zero-order valence-electron chi connectivity index (χ0n) is 10.5. The van der Waals surface area contributed by atoms with Crippen molar-refractivity contribution in [2.24, 2.45) is 0 Å². The lowest BCUT2D eigenvalue weighted by molar-refractivity contribution is -0.143. The summed E-state index contributed by atoms with van der Waals surface area (Å²) in [5.74, 6) is -0.102. The predicted molar refractivity (Wildman–Crippen MR) is 62.2 cm³/mol. The number of hydrogen-bond acceptors (Lipinski definition) is 4. The third-order valence-corrected chi connectivity index (χ3v) is 3.60. The van der Waals surface area contributed by atoms with Gasteiger partial charge in [0.25, 0.3) is 0 Å². The van der Waals surface area contributed by atoms with E-state index in [0.29, 0.717) is 18.5 Å². The smallest absolute Gasteiger partial charge is 0.307 e. The lowest BCUT2D eigenvalue weighted by atomic mass is 9.94. The fourth-order valence-electron chi connectivity index (χ4n) is 2.82. The quantitative estimate of drug-likeness (QED) is 0.722. The maximum atomic E-state index is 11.4. The molecule has 0 spiro atoms. The van der Waals surface area contributed by atoms with Gasteiger partial charge in [-0.05, 0) is 26.7 Å². The highest BCUT2D eigenvalue weighted by Crippen LogP contribution is 2.36. The minimum Gasteiger partial charge on any atom is -0.469 e. The standard InChI is InChI=1S/C12H22N2O2/c1-12(2)8-13-7-10(6-11(15)16-3)14(12)9-4-5-9/h9-10,13H,4-8H2,1-3H3. The molecule has 1 N–H and O–H groups in total. The molecule has 0 aromatic carbocycles. The molecule has 1 aliphatic carbocycles. The molecule has 92 valence electrons. The van der Waals surface area contributed by atoms with E-state index in [1.807, 2.05) is 0 Å². The fraction of sp³-hybridized carbons (Fsp3) is 0.917. The Morgan fingerprint density at radius 2 is 2.19 bits per heavy atom. The summed E-state index contributed by atoms with van der Waals surface area (Å²) in [6, 6.07) is 0.982. The van der Waals surface area contributed by atoms with E-state index in [1.54, 1.807) is 0 Å². The van der Waals surface area contributed by atoms with Gasteiger partial charge in [0.1, 0.15) is 0 Å². The van der Waals surface area contributed by atoms with Crippen LogP contribution in [0.5, 0.6) is 0 Å². The maximum Gasteiger partial charge on any atom is 0.307 e. The second-order valence-corrected chi connectivity index (χ2v) is 5.52. The molecule has 0 radical (unpaired) electrons. The number of nitrogens with zero attached hydrogens (tertiary/aromatic N) is 1. The highest BCUT2D eigenvalue weighted by Gasteiger charge is 2.45. The first kappa shape index (κ1) is 11.9. The molecule has 4 heteroatoms. The van der Waals surface area contributed by atoms with Crippen molar-refractivity contribution in [2.45, 2.75) is 50.7 Å². The van der Waals surface area contributed by atoms with Crippen molar-refractivity contribution >= 4 is 5.97 Å². The van der Waals surface area contributed by atoms with E-state index >= 15 is 0 Å². The highest BCUT2D eigenvalue weighted by molar-refractivity contribution is 5.70. The maximum absolute atomic E-state index is 11.4. The summed E-state index contributed by atoms with van der Waals surface area (Å²) in [6.45, 7) is 6.40. The van der Waals surface area contributed by atoms with Crippen LogP contribution in [0, 0.1) is 0 Å². The zero-order valence-corrected chi connectivity index (χ0v) is 10.5. The number of methoxy groups -OCH3 is 1. The van der Waals surface area contributed by atoms with E-state index in [0.717, 1.165) is 13.1 Å². The van der Waals surface area contributed by atoms with E-state index in [1.165, 1.54) is 20.0 Å². The molecule has 4 nitrogen and oxygen atoms in total. The zero-order chi connectivity index (χ0) is 11.8. The van der Waals surface area contributed by atoms with Crippen molar-refractivity contribution in [1.82, 2.24) is 10.2 Å². The first-order valence-corrected chi connectivity index (χ1v) is 6.10. The Morgan fingerprint density at radius 1 is 1.50 bits per heavy atom. The molecule has 2 fully saturated rings. The van der Waals surface area contributed by atoms with Gasteiger partial charge in [-0.1, -0.05) is 0 Å². The lowest BCUT2D eigenvalue weighted by Crippen LogP contribution is -2.64. The summed E-state index contributed by atoms with van der Waals surface area (Å²) < 4.78 is 4.78. The number of carbonyl (C=O) groups is 1. The minimum absolute atomic E-state index is 0.102. The third kappa shape index (κ3) is 2.38. The van der Waals surface area contributed by atoms with Crippen molar-refractivity contribution in [3.8, 4) is 0 Å². The van der Waals surface area contributed by atoms with Gasteiger partial charge in [-0.3, -0.25) is 9.69 Å². The summed E-state index contributed by atoms with van der Waals surface area (Å²) in [5.41, 5.74) is 0.151. The number of piperazine rings is 1. The molecule has 1 saturated heterocycles. The molecule has 1 atom stereocenters. The van der Waals surface area contributed by atoms with Gasteiger partial charge in [0.15, 0.2) is 0 Å². The second-order valence-electron chi connectivity index (χ2n) is 5.52. The molecule has 0 bridgehead atoms. The largest absolute Gasteiger partial charge is 0.469 e. The van der Waals surface area contributed by atoms with Crippen LogP contribution >= 0.6 is 0 Å². The molecule has 1 heterocycles. The van der Waals surface area contributed by atoms with Crippen LogP contribution in [0.2, 0.25) is 0 Å². The molecular weight excluding hydrogens is 204 g/mol. The average Bonchev–Trinajstić information content (AvgIpc) is 3.00. The minimum atomic E-state index is -0.102. The molecular formula is C12H22N2O2. The van der Waals surface area contributed by atoms with Crippen LogP contribution in [-0.4, -0.2) is 48.7 Å². The predicted octanol–water partition coefficient (Wildman–Crippen LogP) is 0.764. The van der Waals surface area contributed by atoms with Gasteiger partial charge in [0, 0.05) is 30.7 Å². The van der Waals surface area contributed by atoms with Crippen LogP contribution in [-0.2, 0) is 9.53 Å². The second kappa shape index (κ2) is 4.34. The Kier molecular flexibility index (Phi) is 3.22. The first-order valence-electron chi connectivity index (χ1n) is 6.10. The number of nitrogens with one attached hydrogen (secondary N) is 1. The Morgan fingerprint density at radius 3 is 2.75 bits per heavy atom. The summed E-state index contributed by atoms with van der Waals surface area (Å²) in [7, 11) is 1.46. The number of carbonyl (C=O) groups excluding carboxylic acids is 1. The van der Waals surface area contributed by atoms with E-state index in [4.69, 9.17) is 4.74 Å². The Labute approximate surface area is 97.3 Å². The van der Waals surface area contributed by atoms with E-state index in [-0.39, 0.29) is 11.5 Å². The van der Waals surface area contributed by atoms with Gasteiger partial charge < -0.3 is 10.1 Å². The Bertz CT molecular complexity index is 274. The molecule has 0 amide bonds. The Balaban J connectivity index is 2.06. The molecule has 1 saturated carbocycles. The number of esters is 1. The molecule has 0 aromatic heterocycles. The van der Waals surface area contributed by atoms with Crippen LogP contribution < -0.4 is 5.32 Å². The van der Waals surface area contributed by atoms with E-state index in [9.17, 15) is 4.79 Å². The fourth-order valence-corrected chi connectivity index (χ4v) is 2.82. The molecule has 0 aromatic rings. The van der Waals surface area contributed by atoms with Crippen LogP contribution in [0.4, 0.5) is 0 Å². The van der Waals surface area contributed by atoms with E-state index < -0.39 is 0 Å². The van der Waals surface area contributed by atoms with Crippen LogP contribution in [0.3, 0.4) is 0 Å².